The van der Waals surface area contributed by atoms with E-state index in [4.69, 9.17) is 9.84 Å². The molecule has 0 aromatic heterocycles. The van der Waals surface area contributed by atoms with Crippen molar-refractivity contribution in [2.75, 3.05) is 13.7 Å². The second-order valence-corrected chi connectivity index (χ2v) is 3.10. The second-order valence-electron chi connectivity index (χ2n) is 3.10. The molecule has 0 amide bonds. The van der Waals surface area contributed by atoms with Crippen LogP contribution in [-0.2, 0) is 4.74 Å². The first-order valence-electron chi connectivity index (χ1n) is 3.77. The van der Waals surface area contributed by atoms with E-state index in [9.17, 15) is 0 Å². The van der Waals surface area contributed by atoms with Gasteiger partial charge in [0.1, 0.15) is 0 Å². The third-order valence-corrected chi connectivity index (χ3v) is 1.78. The molecule has 0 bridgehead atoms. The lowest BCUT2D eigenvalue weighted by atomic mass is 9.95. The van der Waals surface area contributed by atoms with Crippen LogP contribution in [0.4, 0.5) is 0 Å². The maximum Gasteiger partial charge on any atom is 0.0641 e. The van der Waals surface area contributed by atoms with E-state index in [-0.39, 0.29) is 18.6 Å². The quantitative estimate of drug-likeness (QED) is 0.647. The van der Waals surface area contributed by atoms with E-state index < -0.39 is 0 Å². The molecule has 0 unspecified atom stereocenters. The second kappa shape index (κ2) is 4.69. The van der Waals surface area contributed by atoms with Crippen LogP contribution in [0.1, 0.15) is 20.8 Å². The van der Waals surface area contributed by atoms with E-state index in [2.05, 4.69) is 13.8 Å². The molecule has 0 saturated carbocycles. The molecular formula is C8H18O2. The molecule has 0 rings (SSSR count). The molecule has 62 valence electrons. The Bertz CT molecular complexity index is 81.3. The number of aliphatic hydroxyl groups excluding tert-OH is 1. The molecule has 0 fully saturated rings. The molecule has 0 radical (unpaired) electrons. The smallest absolute Gasteiger partial charge is 0.0641 e. The van der Waals surface area contributed by atoms with E-state index in [0.29, 0.717) is 5.92 Å². The molecule has 0 spiro atoms. The largest absolute Gasteiger partial charge is 0.396 e. The van der Waals surface area contributed by atoms with E-state index >= 15 is 0 Å². The zero-order valence-electron chi connectivity index (χ0n) is 7.29. The van der Waals surface area contributed by atoms with E-state index in [1.165, 1.54) is 0 Å². The summed E-state index contributed by atoms with van der Waals surface area (Å²) in [4.78, 5) is 0. The highest BCUT2D eigenvalue weighted by atomic mass is 16.5. The van der Waals surface area contributed by atoms with Crippen LogP contribution < -0.4 is 0 Å². The van der Waals surface area contributed by atoms with Gasteiger partial charge in [0.2, 0.25) is 0 Å². The van der Waals surface area contributed by atoms with Gasteiger partial charge in [0.15, 0.2) is 0 Å². The summed E-state index contributed by atoms with van der Waals surface area (Å²) in [6.07, 6.45) is 0.185. The van der Waals surface area contributed by atoms with Crippen LogP contribution in [0.25, 0.3) is 0 Å². The molecular weight excluding hydrogens is 128 g/mol. The Hall–Kier alpha value is -0.0800. The summed E-state index contributed by atoms with van der Waals surface area (Å²) in [5, 5.41) is 8.81. The molecule has 0 saturated heterocycles. The normalized spacial score (nSPS) is 17.4. The van der Waals surface area contributed by atoms with Crippen LogP contribution in [0.3, 0.4) is 0 Å². The highest BCUT2D eigenvalue weighted by Gasteiger charge is 2.18. The minimum Gasteiger partial charge on any atom is -0.396 e. The van der Waals surface area contributed by atoms with E-state index in [1.54, 1.807) is 7.11 Å². The monoisotopic (exact) mass is 146 g/mol. The first-order chi connectivity index (χ1) is 4.63. The summed E-state index contributed by atoms with van der Waals surface area (Å²) in [6, 6.07) is 0. The van der Waals surface area contributed by atoms with Crippen molar-refractivity contribution in [1.82, 2.24) is 0 Å². The summed E-state index contributed by atoms with van der Waals surface area (Å²) in [5.74, 6) is 0.720. The molecule has 0 heterocycles. The van der Waals surface area contributed by atoms with Crippen LogP contribution >= 0.6 is 0 Å². The van der Waals surface area contributed by atoms with Gasteiger partial charge >= 0.3 is 0 Å². The molecule has 0 aliphatic rings. The first kappa shape index (κ1) is 9.92. The van der Waals surface area contributed by atoms with Gasteiger partial charge in [-0.1, -0.05) is 20.8 Å². The highest BCUT2D eigenvalue weighted by molar-refractivity contribution is 4.67. The minimum absolute atomic E-state index is 0.185. The number of rotatable bonds is 4. The molecule has 0 aromatic rings. The summed E-state index contributed by atoms with van der Waals surface area (Å²) >= 11 is 0. The number of ether oxygens (including phenoxy) is 1. The Balaban J connectivity index is 3.80. The van der Waals surface area contributed by atoms with Crippen molar-refractivity contribution in [3.63, 3.8) is 0 Å². The van der Waals surface area contributed by atoms with Crippen LogP contribution in [0.5, 0.6) is 0 Å². The van der Waals surface area contributed by atoms with Crippen LogP contribution in [0, 0.1) is 11.8 Å². The lowest BCUT2D eigenvalue weighted by Gasteiger charge is -2.24. The summed E-state index contributed by atoms with van der Waals surface area (Å²) in [7, 11) is 1.69. The predicted octanol–water partition coefficient (Wildman–Crippen LogP) is 1.29. The lowest BCUT2D eigenvalue weighted by Crippen LogP contribution is -2.28. The fourth-order valence-electron chi connectivity index (χ4n) is 1.27. The fraction of sp³-hybridized carbons (Fsp3) is 1.00. The Morgan fingerprint density at radius 1 is 1.30 bits per heavy atom. The summed E-state index contributed by atoms with van der Waals surface area (Å²) in [5.41, 5.74) is 0. The highest BCUT2D eigenvalue weighted by Crippen LogP contribution is 2.14. The third-order valence-electron chi connectivity index (χ3n) is 1.78. The van der Waals surface area contributed by atoms with Crippen LogP contribution in [0.15, 0.2) is 0 Å². The number of aliphatic hydroxyl groups is 1. The third kappa shape index (κ3) is 2.67. The number of hydrogen-bond donors (Lipinski definition) is 1. The molecule has 10 heavy (non-hydrogen) atoms. The van der Waals surface area contributed by atoms with Crippen LogP contribution in [-0.4, -0.2) is 24.9 Å². The standard InChI is InChI=1S/C8H18O2/c1-6(2)8(10-4)7(3)5-9/h6-9H,5H2,1-4H3/t7-,8-/m1/s1. The lowest BCUT2D eigenvalue weighted by molar-refractivity contribution is 0.00318. The van der Waals surface area contributed by atoms with Gasteiger partial charge in [-0.3, -0.25) is 0 Å². The van der Waals surface area contributed by atoms with Crippen molar-refractivity contribution in [2.45, 2.75) is 26.9 Å². The van der Waals surface area contributed by atoms with Crippen molar-refractivity contribution in [3.05, 3.63) is 0 Å². The van der Waals surface area contributed by atoms with Crippen LogP contribution in [0.2, 0.25) is 0 Å². The summed E-state index contributed by atoms with van der Waals surface area (Å²) in [6.45, 7) is 6.39. The molecule has 2 atom stereocenters. The Morgan fingerprint density at radius 2 is 1.80 bits per heavy atom. The Labute approximate surface area is 63.2 Å². The van der Waals surface area contributed by atoms with Gasteiger partial charge in [-0.25, -0.2) is 0 Å². The maximum atomic E-state index is 8.81. The van der Waals surface area contributed by atoms with E-state index in [0.717, 1.165) is 0 Å². The minimum atomic E-state index is 0.185. The van der Waals surface area contributed by atoms with Gasteiger partial charge in [-0.05, 0) is 5.92 Å². The van der Waals surface area contributed by atoms with Gasteiger partial charge in [-0.2, -0.15) is 0 Å². The maximum absolute atomic E-state index is 8.81. The number of methoxy groups -OCH3 is 1. The Kier molecular flexibility index (Phi) is 4.65. The topological polar surface area (TPSA) is 29.5 Å². The zero-order chi connectivity index (χ0) is 8.15. The molecule has 2 nitrogen and oxygen atoms in total. The van der Waals surface area contributed by atoms with Crippen molar-refractivity contribution in [3.8, 4) is 0 Å². The van der Waals surface area contributed by atoms with Gasteiger partial charge in [0.05, 0.1) is 6.10 Å². The van der Waals surface area contributed by atoms with Crippen molar-refractivity contribution < 1.29 is 9.84 Å². The van der Waals surface area contributed by atoms with Gasteiger partial charge in [0.25, 0.3) is 0 Å². The molecule has 2 heteroatoms. The molecule has 1 N–H and O–H groups in total. The number of hydrogen-bond acceptors (Lipinski definition) is 2. The Morgan fingerprint density at radius 3 is 1.90 bits per heavy atom. The molecule has 0 aromatic carbocycles. The van der Waals surface area contributed by atoms with Crippen molar-refractivity contribution in [2.24, 2.45) is 11.8 Å². The average Bonchev–Trinajstić information content (AvgIpc) is 1.88. The van der Waals surface area contributed by atoms with Crippen molar-refractivity contribution in [1.29, 1.82) is 0 Å². The fourth-order valence-corrected chi connectivity index (χ4v) is 1.27. The summed E-state index contributed by atoms with van der Waals surface area (Å²) < 4.78 is 5.20. The van der Waals surface area contributed by atoms with Gasteiger partial charge < -0.3 is 9.84 Å². The van der Waals surface area contributed by atoms with Gasteiger partial charge in [0, 0.05) is 19.6 Å². The molecule has 0 aliphatic heterocycles. The predicted molar refractivity (Wildman–Crippen MR) is 41.9 cm³/mol. The average molecular weight is 146 g/mol. The molecule has 0 aliphatic carbocycles. The van der Waals surface area contributed by atoms with E-state index in [1.807, 2.05) is 6.92 Å². The SMILES string of the molecule is CO[C@H](C(C)C)[C@H](C)CO. The first-order valence-corrected chi connectivity index (χ1v) is 3.77. The van der Waals surface area contributed by atoms with Crippen molar-refractivity contribution >= 4 is 0 Å². The zero-order valence-corrected chi connectivity index (χ0v) is 7.29. The van der Waals surface area contributed by atoms with Gasteiger partial charge in [-0.15, -0.1) is 0 Å².